The number of phenolic OH excluding ortho intramolecular Hbond substituents is 1. The molecule has 1 heterocycles. The van der Waals surface area contributed by atoms with E-state index in [1.165, 1.54) is 48.2 Å². The molecule has 1 amide bonds. The van der Waals surface area contributed by atoms with Crippen LogP contribution in [-0.4, -0.2) is 45.5 Å². The molecule has 9 heteroatoms. The molecule has 8 nitrogen and oxygen atoms in total. The van der Waals surface area contributed by atoms with Gasteiger partial charge in [0.15, 0.2) is 5.69 Å². The lowest BCUT2D eigenvalue weighted by atomic mass is 10.0. The van der Waals surface area contributed by atoms with Gasteiger partial charge in [0.25, 0.3) is 5.91 Å². The number of carbonyl (C=O) groups is 2. The number of amides is 1. The summed E-state index contributed by atoms with van der Waals surface area (Å²) in [6.45, 7) is 13.4. The number of hydrogen-bond donors (Lipinski definition) is 2. The molecule has 1 atom stereocenters. The van der Waals surface area contributed by atoms with Gasteiger partial charge >= 0.3 is 5.97 Å². The second-order valence-corrected chi connectivity index (χ2v) is 10.2. The summed E-state index contributed by atoms with van der Waals surface area (Å²) < 4.78 is 25.9. The number of nitrogens with one attached hydrogen (secondary N) is 1. The number of rotatable bonds is 9. The fourth-order valence-corrected chi connectivity index (χ4v) is 4.00. The number of esters is 1. The molecule has 2 N–H and O–H groups in total. The zero-order valence-electron chi connectivity index (χ0n) is 24.0. The fourth-order valence-electron chi connectivity index (χ4n) is 4.00. The molecular formula is C30H40FN3O5. The maximum absolute atomic E-state index is 13.6. The van der Waals surface area contributed by atoms with Crippen molar-refractivity contribution in [3.8, 4) is 28.4 Å². The minimum absolute atomic E-state index is 0.0139. The highest BCUT2D eigenvalue weighted by Gasteiger charge is 2.26. The average molecular weight is 542 g/mol. The third kappa shape index (κ3) is 8.84. The van der Waals surface area contributed by atoms with E-state index in [4.69, 9.17) is 9.47 Å². The Bertz CT molecular complexity index is 1250. The molecule has 1 aromatic heterocycles. The first-order valence-corrected chi connectivity index (χ1v) is 13.1. The second-order valence-electron chi connectivity index (χ2n) is 10.2. The van der Waals surface area contributed by atoms with Crippen LogP contribution in [0.2, 0.25) is 0 Å². The van der Waals surface area contributed by atoms with Crippen LogP contribution in [0.4, 0.5) is 4.39 Å². The lowest BCUT2D eigenvalue weighted by molar-refractivity contribution is -0.155. The van der Waals surface area contributed by atoms with Crippen molar-refractivity contribution < 1.29 is 28.6 Å². The van der Waals surface area contributed by atoms with Crippen LogP contribution in [0.15, 0.2) is 48.5 Å². The SMILES string of the molecule is CC.COc1cccc(O)c1-c1cc(C(=O)NC(CC(=O)OC(C)(C)C)CC(C)C)nn1-c1ccc(F)cc1. The van der Waals surface area contributed by atoms with Crippen molar-refractivity contribution in [3.63, 3.8) is 0 Å². The van der Waals surface area contributed by atoms with Gasteiger partial charge in [-0.3, -0.25) is 9.59 Å². The van der Waals surface area contributed by atoms with Crippen LogP contribution in [0, 0.1) is 11.7 Å². The predicted molar refractivity (Wildman–Crippen MR) is 150 cm³/mol. The van der Waals surface area contributed by atoms with Crippen molar-refractivity contribution >= 4 is 11.9 Å². The minimum atomic E-state index is -0.636. The van der Waals surface area contributed by atoms with E-state index in [1.54, 1.807) is 32.9 Å². The van der Waals surface area contributed by atoms with Crippen LogP contribution in [0.5, 0.6) is 11.5 Å². The number of nitrogens with zero attached hydrogens (tertiary/aromatic N) is 2. The maximum Gasteiger partial charge on any atom is 0.308 e. The Morgan fingerprint density at radius 2 is 1.74 bits per heavy atom. The summed E-state index contributed by atoms with van der Waals surface area (Å²) in [5, 5.41) is 18.0. The Kier molecular flexibility index (Phi) is 11.1. The molecule has 212 valence electrons. The van der Waals surface area contributed by atoms with Crippen LogP contribution in [0.1, 0.15) is 71.8 Å². The highest BCUT2D eigenvalue weighted by molar-refractivity contribution is 5.94. The molecular weight excluding hydrogens is 501 g/mol. The standard InChI is InChI=1S/C28H34FN3O5.C2H6/c1-17(2)14-19(15-25(34)37-28(3,4)5)30-27(35)21-16-22(26-23(33)8-7-9-24(26)36-6)32(31-21)20-12-10-18(29)11-13-20;1-2/h7-13,16-17,19,33H,14-15H2,1-6H3,(H,30,35);1-2H3. The van der Waals surface area contributed by atoms with E-state index in [9.17, 15) is 19.1 Å². The molecule has 2 aromatic carbocycles. The molecule has 0 saturated heterocycles. The van der Waals surface area contributed by atoms with Crippen molar-refractivity contribution in [3.05, 3.63) is 60.0 Å². The highest BCUT2D eigenvalue weighted by atomic mass is 19.1. The molecule has 39 heavy (non-hydrogen) atoms. The number of carbonyl (C=O) groups excluding carboxylic acids is 2. The highest BCUT2D eigenvalue weighted by Crippen LogP contribution is 2.39. The summed E-state index contributed by atoms with van der Waals surface area (Å²) >= 11 is 0. The third-order valence-corrected chi connectivity index (χ3v) is 5.42. The molecule has 0 bridgehead atoms. The lowest BCUT2D eigenvalue weighted by Gasteiger charge is -2.23. The Balaban J connectivity index is 0.00000260. The summed E-state index contributed by atoms with van der Waals surface area (Å²) in [4.78, 5) is 25.8. The topological polar surface area (TPSA) is 103 Å². The molecule has 0 fully saturated rings. The lowest BCUT2D eigenvalue weighted by Crippen LogP contribution is -2.39. The number of ether oxygens (including phenoxy) is 2. The zero-order chi connectivity index (χ0) is 29.3. The van der Waals surface area contributed by atoms with Gasteiger partial charge in [-0.2, -0.15) is 5.10 Å². The van der Waals surface area contributed by atoms with E-state index in [-0.39, 0.29) is 23.8 Å². The summed E-state index contributed by atoms with van der Waals surface area (Å²) in [6, 6.07) is 11.5. The van der Waals surface area contributed by atoms with E-state index >= 15 is 0 Å². The normalized spacial score (nSPS) is 11.8. The first-order valence-electron chi connectivity index (χ1n) is 13.1. The average Bonchev–Trinajstić information content (AvgIpc) is 3.29. The van der Waals surface area contributed by atoms with E-state index in [2.05, 4.69) is 10.4 Å². The summed E-state index contributed by atoms with van der Waals surface area (Å²) in [6.07, 6.45) is 0.573. The van der Waals surface area contributed by atoms with E-state index in [0.717, 1.165) is 0 Å². The second kappa shape index (κ2) is 13.8. The van der Waals surface area contributed by atoms with Crippen molar-refractivity contribution in [1.29, 1.82) is 0 Å². The molecule has 3 rings (SSSR count). The first kappa shape index (κ1) is 31.3. The van der Waals surface area contributed by atoms with Crippen molar-refractivity contribution in [2.75, 3.05) is 7.11 Å². The summed E-state index contributed by atoms with van der Waals surface area (Å²) in [7, 11) is 1.47. The van der Waals surface area contributed by atoms with Gasteiger partial charge in [0.05, 0.1) is 30.5 Å². The molecule has 1 unspecified atom stereocenters. The maximum atomic E-state index is 13.6. The van der Waals surface area contributed by atoms with Gasteiger partial charge < -0.3 is 19.9 Å². The monoisotopic (exact) mass is 541 g/mol. The number of methoxy groups -OCH3 is 1. The van der Waals surface area contributed by atoms with E-state index in [1.807, 2.05) is 27.7 Å². The molecule has 0 radical (unpaired) electrons. The van der Waals surface area contributed by atoms with Gasteiger partial charge in [0, 0.05) is 6.04 Å². The molecule has 0 aliphatic carbocycles. The van der Waals surface area contributed by atoms with Gasteiger partial charge in [-0.1, -0.05) is 33.8 Å². The smallest absolute Gasteiger partial charge is 0.308 e. The van der Waals surface area contributed by atoms with E-state index in [0.29, 0.717) is 29.1 Å². The molecule has 0 aliphatic heterocycles. The quantitative estimate of drug-likeness (QED) is 0.309. The van der Waals surface area contributed by atoms with Crippen molar-refractivity contribution in [2.24, 2.45) is 5.92 Å². The van der Waals surface area contributed by atoms with Crippen LogP contribution in [-0.2, 0) is 9.53 Å². The summed E-state index contributed by atoms with van der Waals surface area (Å²) in [5.74, 6) is -0.810. The van der Waals surface area contributed by atoms with Crippen molar-refractivity contribution in [2.45, 2.75) is 73.0 Å². The third-order valence-electron chi connectivity index (χ3n) is 5.42. The fraction of sp³-hybridized carbons (Fsp3) is 0.433. The van der Waals surface area contributed by atoms with Crippen LogP contribution < -0.4 is 10.1 Å². The zero-order valence-corrected chi connectivity index (χ0v) is 24.0. The Labute approximate surface area is 230 Å². The molecule has 0 aliphatic rings. The van der Waals surface area contributed by atoms with Gasteiger partial charge in [-0.05, 0) is 75.6 Å². The number of hydrogen-bond acceptors (Lipinski definition) is 6. The summed E-state index contributed by atoms with van der Waals surface area (Å²) in [5.41, 5.74) is 0.603. The largest absolute Gasteiger partial charge is 0.507 e. The van der Waals surface area contributed by atoms with Gasteiger partial charge in [0.2, 0.25) is 0 Å². The van der Waals surface area contributed by atoms with Crippen LogP contribution in [0.25, 0.3) is 16.9 Å². The van der Waals surface area contributed by atoms with Crippen molar-refractivity contribution in [1.82, 2.24) is 15.1 Å². The van der Waals surface area contributed by atoms with E-state index < -0.39 is 29.3 Å². The van der Waals surface area contributed by atoms with Crippen LogP contribution in [0.3, 0.4) is 0 Å². The Hall–Kier alpha value is -3.88. The number of benzene rings is 2. The Morgan fingerprint density at radius 3 is 2.31 bits per heavy atom. The van der Waals surface area contributed by atoms with Gasteiger partial charge in [-0.15, -0.1) is 0 Å². The Morgan fingerprint density at radius 1 is 1.10 bits per heavy atom. The number of halogens is 1. The first-order chi connectivity index (χ1) is 18.4. The number of phenols is 1. The number of aromatic nitrogens is 2. The molecule has 0 saturated carbocycles. The number of aromatic hydroxyl groups is 1. The van der Waals surface area contributed by atoms with Crippen LogP contribution >= 0.6 is 0 Å². The minimum Gasteiger partial charge on any atom is -0.507 e. The molecule has 3 aromatic rings. The molecule has 0 spiro atoms. The van der Waals surface area contributed by atoms with Gasteiger partial charge in [0.1, 0.15) is 22.9 Å². The predicted octanol–water partition coefficient (Wildman–Crippen LogP) is 6.30. The van der Waals surface area contributed by atoms with Gasteiger partial charge in [-0.25, -0.2) is 9.07 Å².